The van der Waals surface area contributed by atoms with Crippen molar-refractivity contribution in [3.63, 3.8) is 0 Å². The number of halogens is 1. The van der Waals surface area contributed by atoms with E-state index >= 15 is 0 Å². The van der Waals surface area contributed by atoms with Crippen molar-refractivity contribution in [2.24, 2.45) is 5.92 Å². The number of hydrogen-bond acceptors (Lipinski definition) is 3. The lowest BCUT2D eigenvalue weighted by Gasteiger charge is -2.02. The normalized spacial score (nSPS) is 15.0. The minimum absolute atomic E-state index is 0.358. The summed E-state index contributed by atoms with van der Waals surface area (Å²) in [6, 6.07) is 5.36. The molecule has 0 unspecified atom stereocenters. The van der Waals surface area contributed by atoms with E-state index in [9.17, 15) is 4.79 Å². The summed E-state index contributed by atoms with van der Waals surface area (Å²) in [4.78, 5) is 11.5. The van der Waals surface area contributed by atoms with Crippen molar-refractivity contribution in [2.45, 2.75) is 19.4 Å². The molecule has 0 spiro atoms. The van der Waals surface area contributed by atoms with Crippen molar-refractivity contribution < 1.29 is 9.53 Å². The fourth-order valence-corrected chi connectivity index (χ4v) is 2.31. The first-order chi connectivity index (χ1) is 8.69. The molecule has 18 heavy (non-hydrogen) atoms. The van der Waals surface area contributed by atoms with E-state index in [4.69, 9.17) is 16.3 Å². The first-order valence-corrected chi connectivity index (χ1v) is 6.31. The summed E-state index contributed by atoms with van der Waals surface area (Å²) in [5, 5.41) is 5.57. The number of carbonyl (C=O) groups is 1. The molecule has 94 valence electrons. The van der Waals surface area contributed by atoms with E-state index < -0.39 is 0 Å². The Balaban J connectivity index is 2.05. The lowest BCUT2D eigenvalue weighted by atomic mass is 10.1. The van der Waals surface area contributed by atoms with Crippen molar-refractivity contribution in [1.82, 2.24) is 9.78 Å². The van der Waals surface area contributed by atoms with Crippen LogP contribution in [-0.2, 0) is 11.3 Å². The van der Waals surface area contributed by atoms with E-state index in [1.165, 1.54) is 20.0 Å². The highest BCUT2D eigenvalue weighted by molar-refractivity contribution is 6.34. The van der Waals surface area contributed by atoms with Crippen LogP contribution in [0.5, 0.6) is 0 Å². The maximum absolute atomic E-state index is 11.5. The smallest absolute Gasteiger partial charge is 0.337 e. The third-order valence-corrected chi connectivity index (χ3v) is 3.53. The van der Waals surface area contributed by atoms with Gasteiger partial charge in [-0.2, -0.15) is 5.10 Å². The molecule has 5 heteroatoms. The largest absolute Gasteiger partial charge is 0.465 e. The molecule has 0 aliphatic heterocycles. The fraction of sp³-hybridized carbons (Fsp3) is 0.385. The van der Waals surface area contributed by atoms with E-state index in [-0.39, 0.29) is 5.97 Å². The molecule has 0 amide bonds. The zero-order valence-electron chi connectivity index (χ0n) is 10.0. The molecule has 2 aromatic rings. The molecule has 0 bridgehead atoms. The van der Waals surface area contributed by atoms with Gasteiger partial charge in [0.2, 0.25) is 0 Å². The second-order valence-electron chi connectivity index (χ2n) is 4.64. The van der Waals surface area contributed by atoms with Crippen molar-refractivity contribution in [2.75, 3.05) is 7.11 Å². The van der Waals surface area contributed by atoms with E-state index in [0.29, 0.717) is 10.7 Å². The summed E-state index contributed by atoms with van der Waals surface area (Å²) >= 11 is 6.12. The molecule has 0 saturated heterocycles. The van der Waals surface area contributed by atoms with Gasteiger partial charge in [-0.1, -0.05) is 11.6 Å². The van der Waals surface area contributed by atoms with Crippen LogP contribution in [0.1, 0.15) is 23.2 Å². The van der Waals surface area contributed by atoms with Crippen LogP contribution in [0.4, 0.5) is 0 Å². The summed E-state index contributed by atoms with van der Waals surface area (Å²) < 4.78 is 6.62. The zero-order valence-corrected chi connectivity index (χ0v) is 10.8. The van der Waals surface area contributed by atoms with E-state index in [0.717, 1.165) is 23.4 Å². The van der Waals surface area contributed by atoms with Gasteiger partial charge in [-0.15, -0.1) is 0 Å². The Labute approximate surface area is 109 Å². The molecule has 1 aromatic heterocycles. The van der Waals surface area contributed by atoms with Gasteiger partial charge < -0.3 is 4.74 Å². The second-order valence-corrected chi connectivity index (χ2v) is 5.00. The predicted molar refractivity (Wildman–Crippen MR) is 68.8 cm³/mol. The molecule has 1 saturated carbocycles. The number of ether oxygens (including phenoxy) is 1. The monoisotopic (exact) mass is 264 g/mol. The third kappa shape index (κ3) is 1.97. The van der Waals surface area contributed by atoms with Crippen molar-refractivity contribution in [1.29, 1.82) is 0 Å². The highest BCUT2D eigenvalue weighted by Crippen LogP contribution is 2.33. The second kappa shape index (κ2) is 4.28. The van der Waals surface area contributed by atoms with Gasteiger partial charge in [0.05, 0.1) is 18.2 Å². The minimum Gasteiger partial charge on any atom is -0.465 e. The maximum Gasteiger partial charge on any atom is 0.337 e. The number of nitrogens with zero attached hydrogens (tertiary/aromatic N) is 2. The number of benzene rings is 1. The molecule has 0 N–H and O–H groups in total. The number of fused-ring (bicyclic) bond motifs is 1. The van der Waals surface area contributed by atoms with Gasteiger partial charge in [0.1, 0.15) is 0 Å². The molecule has 4 nitrogen and oxygen atoms in total. The first kappa shape index (κ1) is 11.5. The van der Waals surface area contributed by atoms with Crippen LogP contribution >= 0.6 is 11.6 Å². The molecule has 1 heterocycles. The van der Waals surface area contributed by atoms with Gasteiger partial charge in [-0.25, -0.2) is 4.79 Å². The molecule has 3 rings (SSSR count). The van der Waals surface area contributed by atoms with Gasteiger partial charge in [0.15, 0.2) is 5.15 Å². The Bertz CT molecular complexity index is 617. The molecule has 1 aliphatic carbocycles. The summed E-state index contributed by atoms with van der Waals surface area (Å²) in [5.74, 6) is 0.368. The zero-order chi connectivity index (χ0) is 12.7. The van der Waals surface area contributed by atoms with Gasteiger partial charge in [0, 0.05) is 11.9 Å². The number of rotatable bonds is 3. The van der Waals surface area contributed by atoms with Gasteiger partial charge in [0.25, 0.3) is 0 Å². The maximum atomic E-state index is 11.5. The average molecular weight is 265 g/mol. The Morgan fingerprint density at radius 3 is 3.00 bits per heavy atom. The molecule has 1 aliphatic rings. The van der Waals surface area contributed by atoms with Crippen LogP contribution in [0.3, 0.4) is 0 Å². The van der Waals surface area contributed by atoms with Crippen LogP contribution in [-0.4, -0.2) is 22.9 Å². The SMILES string of the molecule is COC(=O)c1ccc2c(c1)c(Cl)nn2CC1CC1. The minimum atomic E-state index is -0.358. The van der Waals surface area contributed by atoms with Gasteiger partial charge in [-0.05, 0) is 37.0 Å². The van der Waals surface area contributed by atoms with Crippen molar-refractivity contribution >= 4 is 28.5 Å². The summed E-state index contributed by atoms with van der Waals surface area (Å²) in [7, 11) is 1.37. The van der Waals surface area contributed by atoms with Crippen LogP contribution in [0.15, 0.2) is 18.2 Å². The lowest BCUT2D eigenvalue weighted by molar-refractivity contribution is 0.0601. The summed E-state index contributed by atoms with van der Waals surface area (Å²) in [6.07, 6.45) is 2.53. The molecule has 0 radical (unpaired) electrons. The van der Waals surface area contributed by atoms with E-state index in [1.807, 2.05) is 10.7 Å². The summed E-state index contributed by atoms with van der Waals surface area (Å²) in [5.41, 5.74) is 1.47. The number of methoxy groups -OCH3 is 1. The Hall–Kier alpha value is -1.55. The highest BCUT2D eigenvalue weighted by atomic mass is 35.5. The third-order valence-electron chi connectivity index (χ3n) is 3.25. The Morgan fingerprint density at radius 2 is 2.33 bits per heavy atom. The van der Waals surface area contributed by atoms with Crippen LogP contribution in [0.2, 0.25) is 5.15 Å². The standard InChI is InChI=1S/C13H13ClN2O2/c1-18-13(17)9-4-5-11-10(6-9)12(14)15-16(11)7-8-2-3-8/h4-6,8H,2-3,7H2,1H3. The first-order valence-electron chi connectivity index (χ1n) is 5.93. The quantitative estimate of drug-likeness (QED) is 0.801. The number of hydrogen-bond donors (Lipinski definition) is 0. The molecular weight excluding hydrogens is 252 g/mol. The topological polar surface area (TPSA) is 44.1 Å². The predicted octanol–water partition coefficient (Wildman–Crippen LogP) is 2.89. The van der Waals surface area contributed by atoms with Gasteiger partial charge >= 0.3 is 5.97 Å². The molecular formula is C13H13ClN2O2. The van der Waals surface area contributed by atoms with Crippen LogP contribution < -0.4 is 0 Å². The van der Waals surface area contributed by atoms with Crippen molar-refractivity contribution in [3.05, 3.63) is 28.9 Å². The Kier molecular flexibility index (Phi) is 2.74. The van der Waals surface area contributed by atoms with E-state index in [1.54, 1.807) is 12.1 Å². The van der Waals surface area contributed by atoms with Crippen molar-refractivity contribution in [3.8, 4) is 0 Å². The number of aromatic nitrogens is 2. The van der Waals surface area contributed by atoms with Crippen LogP contribution in [0, 0.1) is 5.92 Å². The Morgan fingerprint density at radius 1 is 1.56 bits per heavy atom. The number of carbonyl (C=O) groups excluding carboxylic acids is 1. The number of esters is 1. The van der Waals surface area contributed by atoms with Crippen LogP contribution in [0.25, 0.3) is 10.9 Å². The average Bonchev–Trinajstić information content (AvgIpc) is 3.14. The van der Waals surface area contributed by atoms with Gasteiger partial charge in [-0.3, -0.25) is 4.68 Å². The molecule has 1 fully saturated rings. The molecule has 1 aromatic carbocycles. The fourth-order valence-electron chi connectivity index (χ4n) is 2.07. The van der Waals surface area contributed by atoms with E-state index in [2.05, 4.69) is 5.10 Å². The summed E-state index contributed by atoms with van der Waals surface area (Å²) in [6.45, 7) is 0.904. The lowest BCUT2D eigenvalue weighted by Crippen LogP contribution is -2.02. The molecule has 0 atom stereocenters. The highest BCUT2D eigenvalue weighted by Gasteiger charge is 2.23.